The van der Waals surface area contributed by atoms with Crippen LogP contribution in [0.25, 0.3) is 22.3 Å². The largest absolute Gasteiger partial charge is 0.106 e. The number of allylic oxidation sites excluding steroid dienone is 5. The maximum absolute atomic E-state index is 3.85. The lowest BCUT2D eigenvalue weighted by molar-refractivity contribution is 1.50. The first kappa shape index (κ1) is 25.6. The summed E-state index contributed by atoms with van der Waals surface area (Å²) in [5.41, 5.74) is 7.44. The fourth-order valence-electron chi connectivity index (χ4n) is 2.35. The minimum atomic E-state index is 0. The van der Waals surface area contributed by atoms with Gasteiger partial charge in [-0.1, -0.05) is 94.6 Å². The first-order valence-electron chi connectivity index (χ1n) is 8.82. The van der Waals surface area contributed by atoms with E-state index >= 15 is 0 Å². The van der Waals surface area contributed by atoms with Gasteiger partial charge in [0, 0.05) is 0 Å². The molecule has 0 radical (unpaired) electrons. The summed E-state index contributed by atoms with van der Waals surface area (Å²) in [7, 11) is 0. The van der Waals surface area contributed by atoms with Crippen LogP contribution in [-0.4, -0.2) is 0 Å². The molecule has 2 rings (SSSR count). The van der Waals surface area contributed by atoms with Crippen molar-refractivity contribution in [2.24, 2.45) is 0 Å². The maximum atomic E-state index is 3.85. The fraction of sp³-hybridized carbons (Fsp3) is 0.231. The van der Waals surface area contributed by atoms with Gasteiger partial charge in [0.05, 0.1) is 0 Å². The zero-order chi connectivity index (χ0) is 19.2. The second kappa shape index (κ2) is 14.7. The van der Waals surface area contributed by atoms with Crippen molar-refractivity contribution in [3.8, 4) is 11.1 Å². The smallest absolute Gasteiger partial charge is 0.0184 e. The Bertz CT molecular complexity index is 680. The zero-order valence-corrected chi connectivity index (χ0v) is 16.5. The van der Waals surface area contributed by atoms with E-state index in [1.807, 2.05) is 26.8 Å². The highest BCUT2D eigenvalue weighted by Gasteiger charge is 2.01. The molecule has 0 unspecified atom stereocenters. The standard InChI is InChI=1S/C21H22.C2H6.C2H4.CH4/c1-5-16(4)18-8-10-20(11-9-18)21-14-12-19(13-15-21)17(6-2)7-3;2*1-2;/h5-15H,2H2,1,3-4H3;1-2H3;1-2H2;1H4/b16-5+,17-7+;;;. The number of rotatable bonds is 4. The van der Waals surface area contributed by atoms with Crippen LogP contribution < -0.4 is 0 Å². The molecule has 0 fully saturated rings. The van der Waals surface area contributed by atoms with E-state index in [1.165, 1.54) is 33.4 Å². The molecule has 0 N–H and O–H groups in total. The minimum absolute atomic E-state index is 0. The Morgan fingerprint density at radius 3 is 1.42 bits per heavy atom. The van der Waals surface area contributed by atoms with Crippen LogP contribution in [0.15, 0.2) is 86.5 Å². The Hall–Kier alpha value is -2.60. The van der Waals surface area contributed by atoms with Crippen molar-refractivity contribution in [2.75, 3.05) is 0 Å². The second-order valence-electron chi connectivity index (χ2n) is 5.07. The summed E-state index contributed by atoms with van der Waals surface area (Å²) in [5.74, 6) is 0. The van der Waals surface area contributed by atoms with Crippen LogP contribution in [0.1, 0.15) is 53.2 Å². The average Bonchev–Trinajstić information content (AvgIpc) is 2.72. The number of hydrogen-bond donors (Lipinski definition) is 0. The van der Waals surface area contributed by atoms with Crippen molar-refractivity contribution < 1.29 is 0 Å². The molecule has 0 heteroatoms. The second-order valence-corrected chi connectivity index (χ2v) is 5.07. The third kappa shape index (κ3) is 7.11. The first-order chi connectivity index (χ1) is 12.2. The van der Waals surface area contributed by atoms with Crippen molar-refractivity contribution in [1.29, 1.82) is 0 Å². The molecule has 0 atom stereocenters. The van der Waals surface area contributed by atoms with Gasteiger partial charge in [-0.15, -0.1) is 13.2 Å². The van der Waals surface area contributed by atoms with Gasteiger partial charge < -0.3 is 0 Å². The Morgan fingerprint density at radius 1 is 0.731 bits per heavy atom. The van der Waals surface area contributed by atoms with E-state index in [-0.39, 0.29) is 7.43 Å². The van der Waals surface area contributed by atoms with Crippen LogP contribution in [0.2, 0.25) is 0 Å². The van der Waals surface area contributed by atoms with Crippen molar-refractivity contribution in [3.05, 3.63) is 97.6 Å². The lowest BCUT2D eigenvalue weighted by Crippen LogP contribution is -1.84. The summed E-state index contributed by atoms with van der Waals surface area (Å²) < 4.78 is 0. The monoisotopic (exact) mass is 348 g/mol. The fourth-order valence-corrected chi connectivity index (χ4v) is 2.35. The molecule has 0 aliphatic carbocycles. The lowest BCUT2D eigenvalue weighted by atomic mass is 9.98. The maximum Gasteiger partial charge on any atom is -0.0184 e. The van der Waals surface area contributed by atoms with E-state index in [9.17, 15) is 0 Å². The van der Waals surface area contributed by atoms with Crippen LogP contribution >= 0.6 is 0 Å². The van der Waals surface area contributed by atoms with Gasteiger partial charge in [0.1, 0.15) is 0 Å². The molecule has 140 valence electrons. The van der Waals surface area contributed by atoms with Gasteiger partial charge in [-0.05, 0) is 54.2 Å². The molecule has 0 saturated carbocycles. The molecule has 0 aliphatic heterocycles. The van der Waals surface area contributed by atoms with Gasteiger partial charge in [-0.2, -0.15) is 0 Å². The topological polar surface area (TPSA) is 0 Å². The summed E-state index contributed by atoms with van der Waals surface area (Å²) in [5, 5.41) is 0. The highest BCUT2D eigenvalue weighted by Crippen LogP contribution is 2.24. The van der Waals surface area contributed by atoms with Gasteiger partial charge in [0.15, 0.2) is 0 Å². The molecule has 0 spiro atoms. The first-order valence-corrected chi connectivity index (χ1v) is 8.82. The molecule has 0 nitrogen and oxygen atoms in total. The summed E-state index contributed by atoms with van der Waals surface area (Å²) >= 11 is 0. The predicted molar refractivity (Wildman–Crippen MR) is 124 cm³/mol. The zero-order valence-electron chi connectivity index (χ0n) is 16.5. The van der Waals surface area contributed by atoms with Gasteiger partial charge in [0.2, 0.25) is 0 Å². The lowest BCUT2D eigenvalue weighted by Gasteiger charge is -2.07. The molecule has 0 aliphatic rings. The molecule has 0 heterocycles. The summed E-state index contributed by atoms with van der Waals surface area (Å²) in [6, 6.07) is 17.4. The highest BCUT2D eigenvalue weighted by molar-refractivity contribution is 5.76. The quantitative estimate of drug-likeness (QED) is 0.382. The van der Waals surface area contributed by atoms with Crippen molar-refractivity contribution in [3.63, 3.8) is 0 Å². The number of hydrogen-bond acceptors (Lipinski definition) is 0. The van der Waals surface area contributed by atoms with Crippen LogP contribution in [-0.2, 0) is 0 Å². The average molecular weight is 349 g/mol. The molecule has 26 heavy (non-hydrogen) atoms. The van der Waals surface area contributed by atoms with Crippen molar-refractivity contribution >= 4 is 11.1 Å². The third-order valence-electron chi connectivity index (χ3n) is 3.86. The normalized spacial score (nSPS) is 10.3. The van der Waals surface area contributed by atoms with Gasteiger partial charge in [-0.25, -0.2) is 0 Å². The van der Waals surface area contributed by atoms with Crippen molar-refractivity contribution in [2.45, 2.75) is 42.0 Å². The molecule has 0 saturated heterocycles. The highest BCUT2D eigenvalue weighted by atomic mass is 14.1. The van der Waals surface area contributed by atoms with Crippen LogP contribution in [0.5, 0.6) is 0 Å². The van der Waals surface area contributed by atoms with Crippen LogP contribution in [0, 0.1) is 0 Å². The predicted octanol–water partition coefficient (Wildman–Crippen LogP) is 8.83. The van der Waals surface area contributed by atoms with Crippen LogP contribution in [0.4, 0.5) is 0 Å². The Kier molecular flexibility index (Phi) is 14.5. The molecule has 0 bridgehead atoms. The van der Waals surface area contributed by atoms with Gasteiger partial charge >= 0.3 is 0 Å². The Balaban J connectivity index is 0. The molecule has 2 aromatic rings. The van der Waals surface area contributed by atoms with E-state index in [0.29, 0.717) is 0 Å². The number of benzene rings is 2. The van der Waals surface area contributed by atoms with E-state index in [0.717, 1.165) is 0 Å². The summed E-state index contributed by atoms with van der Waals surface area (Å²) in [6.07, 6.45) is 6.11. The van der Waals surface area contributed by atoms with Crippen molar-refractivity contribution in [1.82, 2.24) is 0 Å². The molecular formula is C26H36. The van der Waals surface area contributed by atoms with E-state index in [1.54, 1.807) is 0 Å². The molecular weight excluding hydrogens is 312 g/mol. The molecule has 2 aromatic carbocycles. The van der Waals surface area contributed by atoms with E-state index in [4.69, 9.17) is 0 Å². The van der Waals surface area contributed by atoms with Gasteiger partial charge in [0.25, 0.3) is 0 Å². The van der Waals surface area contributed by atoms with Gasteiger partial charge in [-0.3, -0.25) is 0 Å². The van der Waals surface area contributed by atoms with E-state index < -0.39 is 0 Å². The van der Waals surface area contributed by atoms with E-state index in [2.05, 4.69) is 94.3 Å². The Labute approximate surface area is 162 Å². The van der Waals surface area contributed by atoms with Crippen LogP contribution in [0.3, 0.4) is 0 Å². The summed E-state index contributed by atoms with van der Waals surface area (Å²) in [6.45, 7) is 20.1. The molecule has 0 amide bonds. The Morgan fingerprint density at radius 2 is 1.12 bits per heavy atom. The summed E-state index contributed by atoms with van der Waals surface area (Å²) in [4.78, 5) is 0. The minimum Gasteiger partial charge on any atom is -0.106 e. The third-order valence-corrected chi connectivity index (χ3v) is 3.86. The molecule has 0 aromatic heterocycles. The SMILES string of the molecule is C.C=C.C=C/C(=C\C)c1ccc(-c2ccc(/C(C)=C/C)cc2)cc1.CC.